The van der Waals surface area contributed by atoms with Gasteiger partial charge in [0.15, 0.2) is 5.13 Å². The number of piperidine rings is 1. The molecule has 2 aliphatic rings. The van der Waals surface area contributed by atoms with Crippen LogP contribution >= 0.6 is 11.3 Å². The fraction of sp³-hybridized carbons (Fsp3) is 0.524. The number of hydrogen-bond acceptors (Lipinski definition) is 6. The molecule has 4 rings (SSSR count). The Bertz CT molecular complexity index is 977. The molecule has 0 saturated carbocycles. The number of rotatable bonds is 4. The standard InChI is InChI=1S/C21H28N4O3S2/c1-17-16-29-21(22-17)24-12-7-11-23(14-15-24)20(26)19-10-5-6-13-25(19)30(27,28)18-8-3-2-4-9-18/h2-4,8-9,16,19H,5-7,10-15H2,1H3. The van der Waals surface area contributed by atoms with Gasteiger partial charge in [-0.3, -0.25) is 4.79 Å². The van der Waals surface area contributed by atoms with Crippen LogP contribution in [0.1, 0.15) is 31.4 Å². The van der Waals surface area contributed by atoms with Crippen molar-refractivity contribution in [2.45, 2.75) is 43.5 Å². The number of sulfonamides is 1. The molecule has 1 aromatic carbocycles. The average Bonchev–Trinajstić information content (AvgIpc) is 3.05. The van der Waals surface area contributed by atoms with E-state index in [4.69, 9.17) is 0 Å². The van der Waals surface area contributed by atoms with E-state index < -0.39 is 16.1 Å². The van der Waals surface area contributed by atoms with Gasteiger partial charge in [-0.2, -0.15) is 4.31 Å². The Morgan fingerprint density at radius 1 is 1.03 bits per heavy atom. The molecule has 162 valence electrons. The quantitative estimate of drug-likeness (QED) is 0.719. The molecule has 1 atom stereocenters. The monoisotopic (exact) mass is 448 g/mol. The first-order valence-corrected chi connectivity index (χ1v) is 12.8. The summed E-state index contributed by atoms with van der Waals surface area (Å²) in [5, 5.41) is 3.03. The zero-order valence-electron chi connectivity index (χ0n) is 17.2. The van der Waals surface area contributed by atoms with E-state index in [-0.39, 0.29) is 10.8 Å². The van der Waals surface area contributed by atoms with Crippen LogP contribution in [-0.2, 0) is 14.8 Å². The molecule has 1 unspecified atom stereocenters. The van der Waals surface area contributed by atoms with E-state index in [0.29, 0.717) is 26.1 Å². The molecule has 3 heterocycles. The van der Waals surface area contributed by atoms with Gasteiger partial charge in [0.25, 0.3) is 0 Å². The van der Waals surface area contributed by atoms with Crippen molar-refractivity contribution in [2.24, 2.45) is 0 Å². The first kappa shape index (κ1) is 21.3. The molecule has 0 spiro atoms. The summed E-state index contributed by atoms with van der Waals surface area (Å²) < 4.78 is 27.9. The van der Waals surface area contributed by atoms with Gasteiger partial charge in [0, 0.05) is 38.1 Å². The van der Waals surface area contributed by atoms with Crippen molar-refractivity contribution in [1.82, 2.24) is 14.2 Å². The van der Waals surface area contributed by atoms with Crippen LogP contribution in [0.25, 0.3) is 0 Å². The van der Waals surface area contributed by atoms with Gasteiger partial charge in [-0.25, -0.2) is 13.4 Å². The SMILES string of the molecule is Cc1csc(N2CCCN(C(=O)C3CCCCN3S(=O)(=O)c3ccccc3)CC2)n1. The number of carbonyl (C=O) groups is 1. The van der Waals surface area contributed by atoms with E-state index in [0.717, 1.165) is 43.2 Å². The summed E-state index contributed by atoms with van der Waals surface area (Å²) in [5.41, 5.74) is 1.01. The molecule has 0 aliphatic carbocycles. The maximum atomic E-state index is 13.4. The zero-order valence-corrected chi connectivity index (χ0v) is 18.9. The molecule has 0 bridgehead atoms. The van der Waals surface area contributed by atoms with Crippen LogP contribution in [0.5, 0.6) is 0 Å². The summed E-state index contributed by atoms with van der Waals surface area (Å²) in [6, 6.07) is 7.83. The molecule has 9 heteroatoms. The number of aryl methyl sites for hydroxylation is 1. The maximum absolute atomic E-state index is 13.4. The van der Waals surface area contributed by atoms with Gasteiger partial charge in [-0.05, 0) is 38.3 Å². The van der Waals surface area contributed by atoms with Crippen molar-refractivity contribution in [1.29, 1.82) is 0 Å². The predicted molar refractivity (Wildman–Crippen MR) is 118 cm³/mol. The second-order valence-corrected chi connectivity index (χ2v) is 10.6. The Morgan fingerprint density at radius 2 is 1.83 bits per heavy atom. The molecule has 2 saturated heterocycles. The molecule has 7 nitrogen and oxygen atoms in total. The number of benzene rings is 1. The summed E-state index contributed by atoms with van der Waals surface area (Å²) in [6.45, 7) is 5.19. The van der Waals surface area contributed by atoms with Crippen LogP contribution in [0.15, 0.2) is 40.6 Å². The number of hydrogen-bond donors (Lipinski definition) is 0. The minimum Gasteiger partial charge on any atom is -0.346 e. The van der Waals surface area contributed by atoms with Crippen LogP contribution in [-0.4, -0.2) is 67.3 Å². The van der Waals surface area contributed by atoms with E-state index in [1.54, 1.807) is 41.7 Å². The van der Waals surface area contributed by atoms with Crippen LogP contribution in [0.3, 0.4) is 0 Å². The predicted octanol–water partition coefficient (Wildman–Crippen LogP) is 2.73. The molecule has 2 aromatic rings. The lowest BCUT2D eigenvalue weighted by molar-refractivity contribution is -0.136. The highest BCUT2D eigenvalue weighted by molar-refractivity contribution is 7.89. The Hall–Kier alpha value is -1.97. The smallest absolute Gasteiger partial charge is 0.243 e. The van der Waals surface area contributed by atoms with Crippen LogP contribution in [0, 0.1) is 6.92 Å². The highest BCUT2D eigenvalue weighted by Crippen LogP contribution is 2.27. The van der Waals surface area contributed by atoms with E-state index in [1.165, 1.54) is 4.31 Å². The first-order chi connectivity index (χ1) is 14.5. The summed E-state index contributed by atoms with van der Waals surface area (Å²) >= 11 is 1.63. The lowest BCUT2D eigenvalue weighted by Gasteiger charge is -2.36. The molecular weight excluding hydrogens is 420 g/mol. The molecule has 0 radical (unpaired) electrons. The van der Waals surface area contributed by atoms with Crippen molar-refractivity contribution in [3.05, 3.63) is 41.4 Å². The van der Waals surface area contributed by atoms with Gasteiger partial charge in [-0.1, -0.05) is 24.6 Å². The molecule has 1 aromatic heterocycles. The van der Waals surface area contributed by atoms with Gasteiger partial charge in [-0.15, -0.1) is 11.3 Å². The molecule has 2 aliphatic heterocycles. The number of aromatic nitrogens is 1. The summed E-state index contributed by atoms with van der Waals surface area (Å²) in [7, 11) is -3.69. The second kappa shape index (κ2) is 9.03. The fourth-order valence-corrected chi connectivity index (χ4v) is 6.72. The highest BCUT2D eigenvalue weighted by Gasteiger charge is 2.39. The molecule has 1 amide bonds. The van der Waals surface area contributed by atoms with Crippen LogP contribution in [0.4, 0.5) is 5.13 Å². The second-order valence-electron chi connectivity index (χ2n) is 7.88. The van der Waals surface area contributed by atoms with Gasteiger partial charge in [0.05, 0.1) is 10.6 Å². The Kier molecular flexibility index (Phi) is 6.40. The minimum absolute atomic E-state index is 0.0635. The van der Waals surface area contributed by atoms with Gasteiger partial charge in [0.2, 0.25) is 15.9 Å². The number of nitrogens with zero attached hydrogens (tertiary/aromatic N) is 4. The Labute approximate surface area is 182 Å². The lowest BCUT2D eigenvalue weighted by atomic mass is 10.0. The third-order valence-electron chi connectivity index (χ3n) is 5.77. The topological polar surface area (TPSA) is 73.8 Å². The number of anilines is 1. The van der Waals surface area contributed by atoms with Gasteiger partial charge >= 0.3 is 0 Å². The molecule has 2 fully saturated rings. The normalized spacial score (nSPS) is 21.4. The Balaban J connectivity index is 1.49. The minimum atomic E-state index is -3.69. The van der Waals surface area contributed by atoms with E-state index in [1.807, 2.05) is 17.2 Å². The molecule has 30 heavy (non-hydrogen) atoms. The van der Waals surface area contributed by atoms with Crippen molar-refractivity contribution in [3.8, 4) is 0 Å². The fourth-order valence-electron chi connectivity index (χ4n) is 4.19. The van der Waals surface area contributed by atoms with Gasteiger partial charge < -0.3 is 9.80 Å². The van der Waals surface area contributed by atoms with Crippen LogP contribution < -0.4 is 4.90 Å². The average molecular weight is 449 g/mol. The van der Waals surface area contributed by atoms with E-state index >= 15 is 0 Å². The van der Waals surface area contributed by atoms with Crippen molar-refractivity contribution >= 4 is 32.4 Å². The van der Waals surface area contributed by atoms with Crippen LogP contribution in [0.2, 0.25) is 0 Å². The van der Waals surface area contributed by atoms with Crippen molar-refractivity contribution in [3.63, 3.8) is 0 Å². The highest BCUT2D eigenvalue weighted by atomic mass is 32.2. The Morgan fingerprint density at radius 3 is 2.57 bits per heavy atom. The summed E-state index contributed by atoms with van der Waals surface area (Å²) in [5.74, 6) is -0.0635. The largest absolute Gasteiger partial charge is 0.346 e. The summed E-state index contributed by atoms with van der Waals surface area (Å²) in [6.07, 6.45) is 3.09. The molecular formula is C21H28N4O3S2. The van der Waals surface area contributed by atoms with Crippen molar-refractivity contribution < 1.29 is 13.2 Å². The maximum Gasteiger partial charge on any atom is 0.243 e. The van der Waals surface area contributed by atoms with E-state index in [9.17, 15) is 13.2 Å². The first-order valence-electron chi connectivity index (χ1n) is 10.5. The number of carbonyl (C=O) groups excluding carboxylic acids is 1. The third kappa shape index (κ3) is 4.38. The third-order valence-corrected chi connectivity index (χ3v) is 8.72. The number of amides is 1. The van der Waals surface area contributed by atoms with Crippen molar-refractivity contribution in [2.75, 3.05) is 37.6 Å². The number of thiazole rings is 1. The van der Waals surface area contributed by atoms with E-state index in [2.05, 4.69) is 9.88 Å². The lowest BCUT2D eigenvalue weighted by Crippen LogP contribution is -2.53. The summed E-state index contributed by atoms with van der Waals surface area (Å²) in [4.78, 5) is 22.3. The molecule has 0 N–H and O–H groups in total. The van der Waals surface area contributed by atoms with Gasteiger partial charge in [0.1, 0.15) is 6.04 Å². The zero-order chi connectivity index (χ0) is 21.1.